The zero-order valence-corrected chi connectivity index (χ0v) is 15.7. The van der Waals surface area contributed by atoms with Gasteiger partial charge in [-0.15, -0.1) is 0 Å². The molecule has 2 amide bonds. The van der Waals surface area contributed by atoms with E-state index in [-0.39, 0.29) is 23.2 Å². The van der Waals surface area contributed by atoms with Gasteiger partial charge in [0.25, 0.3) is 0 Å². The number of anilines is 1. The number of aromatic nitrogens is 2. The van der Waals surface area contributed by atoms with E-state index in [1.54, 1.807) is 12.4 Å². The standard InChI is InChI=1S/C18H30N6O/c1-17(2)12-14(13-18(3,4)22-17)21-16(25)24-10-8-23(9-11-24)15-19-6-5-7-20-15/h5-7,14,22H,8-13H2,1-4H3,(H,21,25). The molecule has 0 unspecified atom stereocenters. The molecule has 3 rings (SSSR count). The molecule has 0 aromatic carbocycles. The van der Waals surface area contributed by atoms with Crippen molar-refractivity contribution in [2.24, 2.45) is 0 Å². The number of amides is 2. The Morgan fingerprint density at radius 3 is 2.20 bits per heavy atom. The van der Waals surface area contributed by atoms with E-state index >= 15 is 0 Å². The first-order valence-corrected chi connectivity index (χ1v) is 9.11. The molecule has 1 aromatic heterocycles. The summed E-state index contributed by atoms with van der Waals surface area (Å²) >= 11 is 0. The highest BCUT2D eigenvalue weighted by molar-refractivity contribution is 5.75. The summed E-state index contributed by atoms with van der Waals surface area (Å²) in [6.45, 7) is 11.7. The maximum Gasteiger partial charge on any atom is 0.317 e. The van der Waals surface area contributed by atoms with E-state index in [0.29, 0.717) is 13.1 Å². The molecular weight excluding hydrogens is 316 g/mol. The predicted octanol–water partition coefficient (Wildman–Crippen LogP) is 1.62. The number of piperidine rings is 1. The molecule has 2 N–H and O–H groups in total. The monoisotopic (exact) mass is 346 g/mol. The van der Waals surface area contributed by atoms with Crippen molar-refractivity contribution in [1.82, 2.24) is 25.5 Å². The molecule has 0 aliphatic carbocycles. The molecule has 1 aromatic rings. The summed E-state index contributed by atoms with van der Waals surface area (Å²) in [5.41, 5.74) is 0.0616. The van der Waals surface area contributed by atoms with E-state index in [9.17, 15) is 4.79 Å². The smallest absolute Gasteiger partial charge is 0.317 e. The Balaban J connectivity index is 1.53. The van der Waals surface area contributed by atoms with Gasteiger partial charge in [0.05, 0.1) is 0 Å². The Hall–Kier alpha value is -1.89. The molecule has 25 heavy (non-hydrogen) atoms. The van der Waals surface area contributed by atoms with Crippen LogP contribution in [-0.4, -0.2) is 64.2 Å². The van der Waals surface area contributed by atoms with Crippen molar-refractivity contribution in [3.63, 3.8) is 0 Å². The van der Waals surface area contributed by atoms with E-state index in [0.717, 1.165) is 31.9 Å². The number of rotatable bonds is 2. The Morgan fingerprint density at radius 2 is 1.64 bits per heavy atom. The number of piperazine rings is 1. The van der Waals surface area contributed by atoms with E-state index in [2.05, 4.69) is 53.2 Å². The summed E-state index contributed by atoms with van der Waals surface area (Å²) in [6.07, 6.45) is 5.39. The van der Waals surface area contributed by atoms with Crippen LogP contribution in [0.15, 0.2) is 18.5 Å². The molecule has 3 heterocycles. The second-order valence-corrected chi connectivity index (χ2v) is 8.47. The van der Waals surface area contributed by atoms with E-state index in [1.807, 2.05) is 11.0 Å². The average molecular weight is 346 g/mol. The maximum atomic E-state index is 12.7. The molecule has 2 aliphatic heterocycles. The number of nitrogens with one attached hydrogen (secondary N) is 2. The Bertz CT molecular complexity index is 579. The Kier molecular flexibility index (Phi) is 4.86. The lowest BCUT2D eigenvalue weighted by atomic mass is 9.80. The van der Waals surface area contributed by atoms with Gasteiger partial charge < -0.3 is 20.4 Å². The van der Waals surface area contributed by atoms with Crippen LogP contribution in [0.3, 0.4) is 0 Å². The van der Waals surface area contributed by atoms with E-state index < -0.39 is 0 Å². The summed E-state index contributed by atoms with van der Waals surface area (Å²) in [7, 11) is 0. The lowest BCUT2D eigenvalue weighted by molar-refractivity contribution is 0.138. The van der Waals surface area contributed by atoms with Crippen molar-refractivity contribution in [3.8, 4) is 0 Å². The van der Waals surface area contributed by atoms with Crippen LogP contribution in [0, 0.1) is 0 Å². The lowest BCUT2D eigenvalue weighted by Crippen LogP contribution is -2.63. The third-order valence-corrected chi connectivity index (χ3v) is 4.92. The van der Waals surface area contributed by atoms with Crippen molar-refractivity contribution < 1.29 is 4.79 Å². The molecule has 2 aliphatic rings. The van der Waals surface area contributed by atoms with E-state index in [1.165, 1.54) is 0 Å². The summed E-state index contributed by atoms with van der Waals surface area (Å²) in [6, 6.07) is 2.07. The fourth-order valence-corrected chi connectivity index (χ4v) is 4.25. The normalized spacial score (nSPS) is 23.4. The van der Waals surface area contributed by atoms with Gasteiger partial charge in [-0.05, 0) is 46.6 Å². The summed E-state index contributed by atoms with van der Waals surface area (Å²) in [5, 5.41) is 6.90. The molecular formula is C18H30N6O. The van der Waals surface area contributed by atoms with Crippen LogP contribution >= 0.6 is 0 Å². The first-order valence-electron chi connectivity index (χ1n) is 9.11. The molecule has 0 saturated carbocycles. The first-order chi connectivity index (χ1) is 11.7. The highest BCUT2D eigenvalue weighted by Gasteiger charge is 2.38. The lowest BCUT2D eigenvalue weighted by Gasteiger charge is -2.47. The van der Waals surface area contributed by atoms with Gasteiger partial charge in [0.2, 0.25) is 5.95 Å². The quantitative estimate of drug-likeness (QED) is 0.851. The summed E-state index contributed by atoms with van der Waals surface area (Å²) < 4.78 is 0. The minimum Gasteiger partial charge on any atom is -0.337 e. The van der Waals surface area contributed by atoms with Gasteiger partial charge >= 0.3 is 6.03 Å². The molecule has 7 nitrogen and oxygen atoms in total. The third-order valence-electron chi connectivity index (χ3n) is 4.92. The van der Waals surface area contributed by atoms with Gasteiger partial charge in [-0.1, -0.05) is 0 Å². The van der Waals surface area contributed by atoms with Crippen molar-refractivity contribution in [3.05, 3.63) is 18.5 Å². The zero-order valence-electron chi connectivity index (χ0n) is 15.7. The fourth-order valence-electron chi connectivity index (χ4n) is 4.25. The predicted molar refractivity (Wildman–Crippen MR) is 98.7 cm³/mol. The van der Waals surface area contributed by atoms with Crippen LogP contribution in [0.5, 0.6) is 0 Å². The number of nitrogens with zero attached hydrogens (tertiary/aromatic N) is 4. The first kappa shape index (κ1) is 17.9. The Labute approximate surface area is 150 Å². The van der Waals surface area contributed by atoms with Gasteiger partial charge in [-0.25, -0.2) is 14.8 Å². The molecule has 2 saturated heterocycles. The molecule has 0 spiro atoms. The Morgan fingerprint density at radius 1 is 1.08 bits per heavy atom. The van der Waals surface area contributed by atoms with E-state index in [4.69, 9.17) is 0 Å². The minimum atomic E-state index is 0.0308. The zero-order chi connectivity index (χ0) is 18.1. The minimum absolute atomic E-state index is 0.0308. The molecule has 2 fully saturated rings. The number of urea groups is 1. The summed E-state index contributed by atoms with van der Waals surface area (Å²) in [4.78, 5) is 25.3. The van der Waals surface area contributed by atoms with Crippen molar-refractivity contribution >= 4 is 12.0 Å². The van der Waals surface area contributed by atoms with Crippen molar-refractivity contribution in [2.45, 2.75) is 57.7 Å². The molecule has 138 valence electrons. The number of carbonyl (C=O) groups is 1. The fraction of sp³-hybridized carbons (Fsp3) is 0.722. The average Bonchev–Trinajstić information content (AvgIpc) is 2.53. The van der Waals surface area contributed by atoms with Crippen LogP contribution < -0.4 is 15.5 Å². The highest BCUT2D eigenvalue weighted by atomic mass is 16.2. The summed E-state index contributed by atoms with van der Waals surface area (Å²) in [5.74, 6) is 0.740. The molecule has 0 atom stereocenters. The number of hydrogen-bond donors (Lipinski definition) is 2. The highest BCUT2D eigenvalue weighted by Crippen LogP contribution is 2.28. The van der Waals surface area contributed by atoms with Crippen molar-refractivity contribution in [2.75, 3.05) is 31.1 Å². The van der Waals surface area contributed by atoms with Crippen LogP contribution in [0.2, 0.25) is 0 Å². The second kappa shape index (κ2) is 6.78. The van der Waals surface area contributed by atoms with Crippen LogP contribution in [-0.2, 0) is 0 Å². The van der Waals surface area contributed by atoms with Gasteiger partial charge in [0.1, 0.15) is 0 Å². The molecule has 0 radical (unpaired) electrons. The van der Waals surface area contributed by atoms with Gasteiger partial charge in [0, 0.05) is 55.7 Å². The van der Waals surface area contributed by atoms with Crippen LogP contribution in [0.4, 0.5) is 10.7 Å². The van der Waals surface area contributed by atoms with Crippen LogP contribution in [0.1, 0.15) is 40.5 Å². The number of carbonyl (C=O) groups excluding carboxylic acids is 1. The SMILES string of the molecule is CC1(C)CC(NC(=O)N2CCN(c3ncccn3)CC2)CC(C)(C)N1. The largest absolute Gasteiger partial charge is 0.337 e. The maximum absolute atomic E-state index is 12.7. The second-order valence-electron chi connectivity index (χ2n) is 8.47. The van der Waals surface area contributed by atoms with Gasteiger partial charge in [-0.2, -0.15) is 0 Å². The van der Waals surface area contributed by atoms with Gasteiger partial charge in [-0.3, -0.25) is 0 Å². The number of hydrogen-bond acceptors (Lipinski definition) is 5. The van der Waals surface area contributed by atoms with Gasteiger partial charge in [0.15, 0.2) is 0 Å². The topological polar surface area (TPSA) is 73.4 Å². The third kappa shape index (κ3) is 4.60. The molecule has 7 heteroatoms. The van der Waals surface area contributed by atoms with Crippen molar-refractivity contribution in [1.29, 1.82) is 0 Å². The molecule has 0 bridgehead atoms. The van der Waals surface area contributed by atoms with Crippen LogP contribution in [0.25, 0.3) is 0 Å².